The summed E-state index contributed by atoms with van der Waals surface area (Å²) in [7, 11) is 0. The molecule has 0 saturated heterocycles. The van der Waals surface area contributed by atoms with Crippen molar-refractivity contribution in [3.63, 3.8) is 0 Å². The molecule has 0 spiro atoms. The fourth-order valence-electron chi connectivity index (χ4n) is 1.59. The first-order chi connectivity index (χ1) is 7.91. The first kappa shape index (κ1) is 16.0. The lowest BCUT2D eigenvalue weighted by molar-refractivity contribution is -0.121. The summed E-state index contributed by atoms with van der Waals surface area (Å²) in [4.78, 5) is 11.3. The highest BCUT2D eigenvalue weighted by atomic mass is 16.1. The molecular formula is C14H28N2O. The first-order valence-corrected chi connectivity index (χ1v) is 6.60. The maximum atomic E-state index is 11.3. The van der Waals surface area contributed by atoms with Crippen LogP contribution in [0.4, 0.5) is 0 Å². The predicted molar refractivity (Wildman–Crippen MR) is 73.7 cm³/mol. The Bertz CT molecular complexity index is 210. The average Bonchev–Trinajstić information content (AvgIpc) is 2.14. The van der Waals surface area contributed by atoms with Crippen LogP contribution in [0.5, 0.6) is 0 Å². The Labute approximate surface area is 106 Å². The molecule has 0 unspecified atom stereocenters. The number of carbonyl (C=O) groups excluding carboxylic acids is 1. The van der Waals surface area contributed by atoms with Crippen LogP contribution in [0.25, 0.3) is 0 Å². The minimum absolute atomic E-state index is 0.154. The van der Waals surface area contributed by atoms with Crippen molar-refractivity contribution >= 4 is 5.91 Å². The van der Waals surface area contributed by atoms with E-state index in [0.29, 0.717) is 18.3 Å². The quantitative estimate of drug-likeness (QED) is 0.608. The van der Waals surface area contributed by atoms with Gasteiger partial charge in [0.1, 0.15) is 0 Å². The third kappa shape index (κ3) is 11.3. The SMILES string of the molecule is C=C(CC(C)C)NCCCNC(=O)CC(C)C. The van der Waals surface area contributed by atoms with E-state index in [2.05, 4.69) is 44.9 Å². The highest BCUT2D eigenvalue weighted by Gasteiger charge is 2.03. The molecule has 1 amide bonds. The molecule has 2 N–H and O–H groups in total. The number of allylic oxidation sites excluding steroid dienone is 1. The Hall–Kier alpha value is -0.990. The largest absolute Gasteiger partial charge is 0.389 e. The lowest BCUT2D eigenvalue weighted by Crippen LogP contribution is -2.28. The van der Waals surface area contributed by atoms with E-state index in [9.17, 15) is 4.79 Å². The molecule has 0 aliphatic carbocycles. The second kappa shape index (κ2) is 9.08. The van der Waals surface area contributed by atoms with Crippen molar-refractivity contribution in [1.82, 2.24) is 10.6 Å². The topological polar surface area (TPSA) is 41.1 Å². The van der Waals surface area contributed by atoms with Gasteiger partial charge < -0.3 is 10.6 Å². The molecule has 0 aromatic rings. The van der Waals surface area contributed by atoms with Gasteiger partial charge >= 0.3 is 0 Å². The van der Waals surface area contributed by atoms with Gasteiger partial charge in [0.25, 0.3) is 0 Å². The Morgan fingerprint density at radius 2 is 1.53 bits per heavy atom. The Balaban J connectivity index is 3.40. The molecule has 0 fully saturated rings. The van der Waals surface area contributed by atoms with Crippen LogP contribution in [0.2, 0.25) is 0 Å². The molecule has 0 aliphatic rings. The van der Waals surface area contributed by atoms with E-state index in [4.69, 9.17) is 0 Å². The summed E-state index contributed by atoms with van der Waals surface area (Å²) >= 11 is 0. The van der Waals surface area contributed by atoms with Crippen molar-refractivity contribution in [2.75, 3.05) is 13.1 Å². The van der Waals surface area contributed by atoms with Crippen LogP contribution < -0.4 is 10.6 Å². The van der Waals surface area contributed by atoms with Gasteiger partial charge in [0, 0.05) is 25.2 Å². The monoisotopic (exact) mass is 240 g/mol. The van der Waals surface area contributed by atoms with E-state index in [-0.39, 0.29) is 5.91 Å². The van der Waals surface area contributed by atoms with Gasteiger partial charge in [-0.3, -0.25) is 4.79 Å². The van der Waals surface area contributed by atoms with Crippen molar-refractivity contribution in [3.8, 4) is 0 Å². The summed E-state index contributed by atoms with van der Waals surface area (Å²) in [6, 6.07) is 0. The molecule has 0 heterocycles. The molecule has 0 radical (unpaired) electrons. The Kier molecular flexibility index (Phi) is 8.55. The molecule has 0 aromatic carbocycles. The van der Waals surface area contributed by atoms with Gasteiger partial charge in [-0.05, 0) is 24.7 Å². The first-order valence-electron chi connectivity index (χ1n) is 6.60. The van der Waals surface area contributed by atoms with Crippen LogP contribution in [0, 0.1) is 11.8 Å². The molecule has 0 aromatic heterocycles. The molecule has 0 saturated carbocycles. The number of hydrogen-bond acceptors (Lipinski definition) is 2. The molecule has 3 nitrogen and oxygen atoms in total. The molecule has 0 bridgehead atoms. The van der Waals surface area contributed by atoms with Crippen molar-refractivity contribution < 1.29 is 4.79 Å². The summed E-state index contributed by atoms with van der Waals surface area (Å²) in [5.74, 6) is 1.22. The third-order valence-corrected chi connectivity index (χ3v) is 2.30. The highest BCUT2D eigenvalue weighted by Crippen LogP contribution is 2.05. The van der Waals surface area contributed by atoms with Crippen molar-refractivity contribution in [2.24, 2.45) is 11.8 Å². The number of hydrogen-bond donors (Lipinski definition) is 2. The van der Waals surface area contributed by atoms with E-state index in [1.54, 1.807) is 0 Å². The van der Waals surface area contributed by atoms with Crippen LogP contribution in [0.3, 0.4) is 0 Å². The van der Waals surface area contributed by atoms with Gasteiger partial charge in [0.2, 0.25) is 5.91 Å². The van der Waals surface area contributed by atoms with Gasteiger partial charge in [0.15, 0.2) is 0 Å². The van der Waals surface area contributed by atoms with Crippen LogP contribution in [0.1, 0.15) is 47.0 Å². The van der Waals surface area contributed by atoms with Crippen LogP contribution >= 0.6 is 0 Å². The van der Waals surface area contributed by atoms with E-state index in [0.717, 1.165) is 31.6 Å². The van der Waals surface area contributed by atoms with Gasteiger partial charge in [-0.2, -0.15) is 0 Å². The second-order valence-electron chi connectivity index (χ2n) is 5.43. The van der Waals surface area contributed by atoms with Gasteiger partial charge in [-0.25, -0.2) is 0 Å². The van der Waals surface area contributed by atoms with Gasteiger partial charge in [-0.15, -0.1) is 0 Å². The molecule has 0 atom stereocenters. The van der Waals surface area contributed by atoms with Crippen molar-refractivity contribution in [3.05, 3.63) is 12.3 Å². The molecule has 3 heteroatoms. The lowest BCUT2D eigenvalue weighted by atomic mass is 10.1. The third-order valence-electron chi connectivity index (χ3n) is 2.30. The van der Waals surface area contributed by atoms with E-state index >= 15 is 0 Å². The maximum absolute atomic E-state index is 11.3. The smallest absolute Gasteiger partial charge is 0.220 e. The molecular weight excluding hydrogens is 212 g/mol. The maximum Gasteiger partial charge on any atom is 0.220 e. The number of carbonyl (C=O) groups is 1. The molecule has 0 aliphatic heterocycles. The summed E-state index contributed by atoms with van der Waals surface area (Å²) in [6.07, 6.45) is 2.58. The van der Waals surface area contributed by atoms with Crippen molar-refractivity contribution in [2.45, 2.75) is 47.0 Å². The average molecular weight is 240 g/mol. The van der Waals surface area contributed by atoms with Gasteiger partial charge in [0.05, 0.1) is 0 Å². The zero-order valence-electron chi connectivity index (χ0n) is 11.8. The van der Waals surface area contributed by atoms with Crippen LogP contribution in [0.15, 0.2) is 12.3 Å². The Morgan fingerprint density at radius 1 is 1.00 bits per heavy atom. The normalized spacial score (nSPS) is 10.7. The van der Waals surface area contributed by atoms with Crippen molar-refractivity contribution in [1.29, 1.82) is 0 Å². The zero-order valence-corrected chi connectivity index (χ0v) is 11.8. The molecule has 100 valence electrons. The number of nitrogens with one attached hydrogen (secondary N) is 2. The van der Waals surface area contributed by atoms with Gasteiger partial charge in [-0.1, -0.05) is 34.3 Å². The fraction of sp³-hybridized carbons (Fsp3) is 0.786. The molecule has 17 heavy (non-hydrogen) atoms. The second-order valence-corrected chi connectivity index (χ2v) is 5.43. The number of amides is 1. The fourth-order valence-corrected chi connectivity index (χ4v) is 1.59. The van der Waals surface area contributed by atoms with E-state index in [1.807, 2.05) is 0 Å². The minimum Gasteiger partial charge on any atom is -0.389 e. The van der Waals surface area contributed by atoms with Crippen LogP contribution in [-0.2, 0) is 4.79 Å². The highest BCUT2D eigenvalue weighted by molar-refractivity contribution is 5.75. The van der Waals surface area contributed by atoms with E-state index in [1.165, 1.54) is 0 Å². The lowest BCUT2D eigenvalue weighted by Gasteiger charge is -2.12. The molecule has 0 rings (SSSR count). The Morgan fingerprint density at radius 3 is 2.06 bits per heavy atom. The summed E-state index contributed by atoms with van der Waals surface area (Å²) in [6.45, 7) is 14.1. The summed E-state index contributed by atoms with van der Waals surface area (Å²) in [5, 5.41) is 6.20. The predicted octanol–water partition coefficient (Wildman–Crippen LogP) is 2.69. The number of rotatable bonds is 9. The van der Waals surface area contributed by atoms with E-state index < -0.39 is 0 Å². The summed E-state index contributed by atoms with van der Waals surface area (Å²) < 4.78 is 0. The van der Waals surface area contributed by atoms with Crippen LogP contribution in [-0.4, -0.2) is 19.0 Å². The standard InChI is InChI=1S/C14H28N2O/c1-11(2)9-13(5)15-7-6-8-16-14(17)10-12(3)4/h11-12,15H,5-10H2,1-4H3,(H,16,17). The summed E-state index contributed by atoms with van der Waals surface area (Å²) in [5.41, 5.74) is 1.09. The zero-order chi connectivity index (χ0) is 13.3. The minimum atomic E-state index is 0.154.